The molecule has 1 fully saturated rings. The molecule has 25 heavy (non-hydrogen) atoms. The zero-order valence-electron chi connectivity index (χ0n) is 14.5. The number of methoxy groups -OCH3 is 1. The quantitative estimate of drug-likeness (QED) is 0.927. The normalized spacial score (nSPS) is 15.1. The maximum atomic E-state index is 13.4. The van der Waals surface area contributed by atoms with Crippen molar-refractivity contribution in [1.82, 2.24) is 4.90 Å². The fourth-order valence-electron chi connectivity index (χ4n) is 2.88. The number of halogens is 1. The third-order valence-electron chi connectivity index (χ3n) is 4.40. The molecule has 0 spiro atoms. The lowest BCUT2D eigenvalue weighted by atomic mass is 10.1. The van der Waals surface area contributed by atoms with Crippen LogP contribution in [0, 0.1) is 5.82 Å². The van der Waals surface area contributed by atoms with Gasteiger partial charge in [-0.25, -0.2) is 4.39 Å². The Morgan fingerprint density at radius 2 is 1.76 bits per heavy atom. The van der Waals surface area contributed by atoms with Gasteiger partial charge in [0.05, 0.1) is 12.7 Å². The molecule has 0 aliphatic carbocycles. The van der Waals surface area contributed by atoms with Gasteiger partial charge in [-0.05, 0) is 49.5 Å². The SMILES string of the molecule is COc1ccc(F)cc1C(=O)Nc1ccc(N2CCN(C)CC2)cc1. The minimum atomic E-state index is -0.476. The van der Waals surface area contributed by atoms with E-state index in [-0.39, 0.29) is 5.56 Å². The monoisotopic (exact) mass is 343 g/mol. The maximum absolute atomic E-state index is 13.4. The topological polar surface area (TPSA) is 44.8 Å². The van der Waals surface area contributed by atoms with Crippen molar-refractivity contribution >= 4 is 17.3 Å². The molecule has 132 valence electrons. The molecule has 0 saturated carbocycles. The summed E-state index contributed by atoms with van der Waals surface area (Å²) in [6, 6.07) is 11.6. The van der Waals surface area contributed by atoms with Gasteiger partial charge in [-0.2, -0.15) is 0 Å². The third kappa shape index (κ3) is 4.09. The van der Waals surface area contributed by atoms with E-state index in [0.29, 0.717) is 11.4 Å². The first-order valence-electron chi connectivity index (χ1n) is 8.25. The molecule has 1 N–H and O–H groups in total. The summed E-state index contributed by atoms with van der Waals surface area (Å²) in [7, 11) is 3.57. The number of anilines is 2. The highest BCUT2D eigenvalue weighted by Crippen LogP contribution is 2.23. The molecule has 5 nitrogen and oxygen atoms in total. The molecule has 6 heteroatoms. The average Bonchev–Trinajstić information content (AvgIpc) is 2.63. The van der Waals surface area contributed by atoms with E-state index in [1.165, 1.54) is 25.3 Å². The first-order chi connectivity index (χ1) is 12.1. The Bertz CT molecular complexity index is 741. The molecule has 1 aliphatic heterocycles. The van der Waals surface area contributed by atoms with E-state index < -0.39 is 11.7 Å². The van der Waals surface area contributed by atoms with Crippen LogP contribution in [0.15, 0.2) is 42.5 Å². The fourth-order valence-corrected chi connectivity index (χ4v) is 2.88. The second kappa shape index (κ2) is 7.53. The number of amides is 1. The molecule has 1 heterocycles. The van der Waals surface area contributed by atoms with Crippen LogP contribution in [-0.4, -0.2) is 51.1 Å². The van der Waals surface area contributed by atoms with Gasteiger partial charge in [0.2, 0.25) is 0 Å². The molecular formula is C19H22FN3O2. The molecule has 0 aromatic heterocycles. The number of piperazine rings is 1. The molecular weight excluding hydrogens is 321 g/mol. The number of ether oxygens (including phenoxy) is 1. The lowest BCUT2D eigenvalue weighted by Gasteiger charge is -2.34. The molecule has 2 aromatic rings. The number of nitrogens with zero attached hydrogens (tertiary/aromatic N) is 2. The molecule has 1 saturated heterocycles. The first-order valence-corrected chi connectivity index (χ1v) is 8.25. The smallest absolute Gasteiger partial charge is 0.259 e. The zero-order chi connectivity index (χ0) is 17.8. The number of likely N-dealkylation sites (N-methyl/N-ethyl adjacent to an activating group) is 1. The lowest BCUT2D eigenvalue weighted by molar-refractivity contribution is 0.102. The second-order valence-electron chi connectivity index (χ2n) is 6.14. The van der Waals surface area contributed by atoms with E-state index >= 15 is 0 Å². The summed E-state index contributed by atoms with van der Waals surface area (Å²) in [6.07, 6.45) is 0. The Balaban J connectivity index is 1.69. The Morgan fingerprint density at radius 1 is 1.08 bits per heavy atom. The molecule has 2 aromatic carbocycles. The largest absolute Gasteiger partial charge is 0.496 e. The van der Waals surface area contributed by atoms with Gasteiger partial charge in [-0.1, -0.05) is 0 Å². The summed E-state index contributed by atoms with van der Waals surface area (Å²) in [5.74, 6) is -0.534. The third-order valence-corrected chi connectivity index (χ3v) is 4.40. The summed E-state index contributed by atoms with van der Waals surface area (Å²) in [5.41, 5.74) is 1.97. The van der Waals surface area contributed by atoms with Crippen molar-refractivity contribution in [3.63, 3.8) is 0 Å². The van der Waals surface area contributed by atoms with Crippen LogP contribution in [0.4, 0.5) is 15.8 Å². The maximum Gasteiger partial charge on any atom is 0.259 e. The van der Waals surface area contributed by atoms with Crippen LogP contribution in [0.5, 0.6) is 5.75 Å². The van der Waals surface area contributed by atoms with E-state index in [4.69, 9.17) is 4.74 Å². The number of carbonyl (C=O) groups is 1. The summed E-state index contributed by atoms with van der Waals surface area (Å²) in [5, 5.41) is 2.78. The van der Waals surface area contributed by atoms with Crippen LogP contribution in [0.2, 0.25) is 0 Å². The second-order valence-corrected chi connectivity index (χ2v) is 6.14. The summed E-state index contributed by atoms with van der Waals surface area (Å²) < 4.78 is 18.6. The molecule has 1 amide bonds. The highest BCUT2D eigenvalue weighted by Gasteiger charge is 2.16. The highest BCUT2D eigenvalue weighted by atomic mass is 19.1. The summed E-state index contributed by atoms with van der Waals surface area (Å²) >= 11 is 0. The van der Waals surface area contributed by atoms with Gasteiger partial charge in [0, 0.05) is 37.6 Å². The predicted octanol–water partition coefficient (Wildman–Crippen LogP) is 2.84. The van der Waals surface area contributed by atoms with Gasteiger partial charge in [-0.15, -0.1) is 0 Å². The van der Waals surface area contributed by atoms with Crippen molar-refractivity contribution < 1.29 is 13.9 Å². The number of hydrogen-bond donors (Lipinski definition) is 1. The van der Waals surface area contributed by atoms with E-state index in [9.17, 15) is 9.18 Å². The number of rotatable bonds is 4. The minimum absolute atomic E-state index is 0.172. The Labute approximate surface area is 147 Å². The van der Waals surface area contributed by atoms with E-state index in [2.05, 4.69) is 22.2 Å². The van der Waals surface area contributed by atoms with Crippen molar-refractivity contribution in [2.45, 2.75) is 0 Å². The van der Waals surface area contributed by atoms with Crippen LogP contribution in [0.3, 0.4) is 0 Å². The minimum Gasteiger partial charge on any atom is -0.496 e. The van der Waals surface area contributed by atoms with Crippen molar-refractivity contribution in [2.24, 2.45) is 0 Å². The number of carbonyl (C=O) groups excluding carboxylic acids is 1. The lowest BCUT2D eigenvalue weighted by Crippen LogP contribution is -2.44. The van der Waals surface area contributed by atoms with Gasteiger partial charge in [0.15, 0.2) is 0 Å². The Hall–Kier alpha value is -2.60. The zero-order valence-corrected chi connectivity index (χ0v) is 14.5. The Kier molecular flexibility index (Phi) is 5.19. The Morgan fingerprint density at radius 3 is 2.40 bits per heavy atom. The van der Waals surface area contributed by atoms with Gasteiger partial charge in [-0.3, -0.25) is 4.79 Å². The number of hydrogen-bond acceptors (Lipinski definition) is 4. The van der Waals surface area contributed by atoms with Crippen LogP contribution in [0.25, 0.3) is 0 Å². The summed E-state index contributed by atoms with van der Waals surface area (Å²) in [4.78, 5) is 17.0. The van der Waals surface area contributed by atoms with Gasteiger partial charge in [0.1, 0.15) is 11.6 Å². The van der Waals surface area contributed by atoms with Crippen LogP contribution < -0.4 is 15.0 Å². The van der Waals surface area contributed by atoms with Crippen molar-refractivity contribution in [3.05, 3.63) is 53.8 Å². The van der Waals surface area contributed by atoms with Gasteiger partial charge in [0.25, 0.3) is 5.91 Å². The standard InChI is InChI=1S/C19H22FN3O2/c1-22-9-11-23(12-10-22)16-6-4-15(5-7-16)21-19(24)17-13-14(20)3-8-18(17)25-2/h3-8,13H,9-12H2,1-2H3,(H,21,24). The van der Waals surface area contributed by atoms with Gasteiger partial charge >= 0.3 is 0 Å². The van der Waals surface area contributed by atoms with E-state index in [0.717, 1.165) is 31.9 Å². The molecule has 3 rings (SSSR count). The first kappa shape index (κ1) is 17.2. The molecule has 0 radical (unpaired) electrons. The van der Waals surface area contributed by atoms with Crippen molar-refractivity contribution in [2.75, 3.05) is 50.6 Å². The fraction of sp³-hybridized carbons (Fsp3) is 0.316. The summed E-state index contributed by atoms with van der Waals surface area (Å²) in [6.45, 7) is 4.06. The van der Waals surface area contributed by atoms with Crippen molar-refractivity contribution in [1.29, 1.82) is 0 Å². The van der Waals surface area contributed by atoms with E-state index in [1.807, 2.05) is 24.3 Å². The number of nitrogens with one attached hydrogen (secondary N) is 1. The molecule has 0 bridgehead atoms. The predicted molar refractivity (Wildman–Crippen MR) is 97.1 cm³/mol. The van der Waals surface area contributed by atoms with E-state index in [1.54, 1.807) is 0 Å². The highest BCUT2D eigenvalue weighted by molar-refractivity contribution is 6.06. The van der Waals surface area contributed by atoms with Crippen molar-refractivity contribution in [3.8, 4) is 5.75 Å². The average molecular weight is 343 g/mol. The van der Waals surface area contributed by atoms with Crippen LogP contribution >= 0.6 is 0 Å². The van der Waals surface area contributed by atoms with Crippen LogP contribution in [0.1, 0.15) is 10.4 Å². The molecule has 1 aliphatic rings. The number of benzene rings is 2. The van der Waals surface area contributed by atoms with Crippen LogP contribution in [-0.2, 0) is 0 Å². The molecule has 0 unspecified atom stereocenters. The van der Waals surface area contributed by atoms with Gasteiger partial charge < -0.3 is 19.9 Å². The molecule has 0 atom stereocenters.